The smallest absolute Gasteiger partial charge is 0.306 e. The molecule has 1 heterocycles. The molecule has 0 aromatic heterocycles. The molecule has 0 spiro atoms. The number of likely N-dealkylation sites (N-methyl/N-ethyl adjacent to an activating group) is 1. The Balaban J connectivity index is 1.77. The van der Waals surface area contributed by atoms with Gasteiger partial charge in [0, 0.05) is 25.9 Å². The van der Waals surface area contributed by atoms with Gasteiger partial charge in [0.25, 0.3) is 0 Å². The number of carboxylic acid groups (broad SMARTS) is 1. The van der Waals surface area contributed by atoms with E-state index < -0.39 is 5.97 Å². The maximum absolute atomic E-state index is 12.5. The van der Waals surface area contributed by atoms with Crippen molar-refractivity contribution in [3.63, 3.8) is 0 Å². The molecule has 2 rings (SSSR count). The van der Waals surface area contributed by atoms with E-state index in [1.807, 2.05) is 37.3 Å². The quantitative estimate of drug-likeness (QED) is 0.786. The first kappa shape index (κ1) is 20.3. The number of nitrogens with zero attached hydrogens (tertiary/aromatic N) is 2. The third-order valence-electron chi connectivity index (χ3n) is 4.64. The molecular weight excluding hydrogens is 352 g/mol. The van der Waals surface area contributed by atoms with E-state index >= 15 is 0 Å². The van der Waals surface area contributed by atoms with Crippen molar-refractivity contribution in [2.75, 3.05) is 26.7 Å². The van der Waals surface area contributed by atoms with Gasteiger partial charge in [0.1, 0.15) is 0 Å². The number of rotatable bonds is 7. The topological polar surface area (TPSA) is 77.9 Å². The van der Waals surface area contributed by atoms with E-state index in [2.05, 4.69) is 0 Å². The summed E-state index contributed by atoms with van der Waals surface area (Å²) in [5, 5.41) is 8.79. The summed E-state index contributed by atoms with van der Waals surface area (Å²) in [5.74, 6) is -0.607. The Morgan fingerprint density at radius 2 is 1.85 bits per heavy atom. The third kappa shape index (κ3) is 5.76. The second-order valence-electron chi connectivity index (χ2n) is 6.63. The van der Waals surface area contributed by atoms with Crippen LogP contribution in [-0.2, 0) is 20.1 Å². The lowest BCUT2D eigenvalue weighted by Crippen LogP contribution is -2.46. The van der Waals surface area contributed by atoms with E-state index in [0.717, 1.165) is 11.3 Å². The van der Waals surface area contributed by atoms with Crippen LogP contribution in [0, 0.1) is 5.92 Å². The summed E-state index contributed by atoms with van der Waals surface area (Å²) < 4.78 is 0. The van der Waals surface area contributed by atoms with Gasteiger partial charge in [-0.05, 0) is 25.3 Å². The molecule has 0 aliphatic carbocycles. The molecule has 0 saturated carbocycles. The van der Waals surface area contributed by atoms with Gasteiger partial charge in [-0.15, -0.1) is 11.8 Å². The van der Waals surface area contributed by atoms with Gasteiger partial charge in [0.05, 0.1) is 17.7 Å². The molecule has 142 valence electrons. The lowest BCUT2D eigenvalue weighted by Gasteiger charge is -2.31. The number of aliphatic carboxylic acids is 1. The third-order valence-corrected chi connectivity index (χ3v) is 5.84. The molecule has 2 amide bonds. The predicted molar refractivity (Wildman–Crippen MR) is 102 cm³/mol. The minimum Gasteiger partial charge on any atom is -0.481 e. The Kier molecular flexibility index (Phi) is 7.50. The maximum atomic E-state index is 12.5. The second-order valence-corrected chi connectivity index (χ2v) is 7.96. The minimum absolute atomic E-state index is 0.0345. The van der Waals surface area contributed by atoms with Gasteiger partial charge < -0.3 is 14.9 Å². The van der Waals surface area contributed by atoms with Gasteiger partial charge in [-0.3, -0.25) is 14.4 Å². The van der Waals surface area contributed by atoms with Gasteiger partial charge in [0.2, 0.25) is 11.8 Å². The molecule has 1 unspecified atom stereocenters. The average molecular weight is 378 g/mol. The summed E-state index contributed by atoms with van der Waals surface area (Å²) in [7, 11) is 1.64. The zero-order valence-corrected chi connectivity index (χ0v) is 16.1. The highest BCUT2D eigenvalue weighted by molar-refractivity contribution is 7.99. The number of likely N-dealkylation sites (tertiary alicyclic amines) is 1. The number of thioether (sulfide) groups is 1. The van der Waals surface area contributed by atoms with Crippen molar-refractivity contribution in [2.45, 2.75) is 30.8 Å². The van der Waals surface area contributed by atoms with Gasteiger partial charge in [0.15, 0.2) is 0 Å². The number of carboxylic acids is 1. The minimum atomic E-state index is -0.798. The number of carbonyl (C=O) groups excluding carboxylic acids is 2. The highest BCUT2D eigenvalue weighted by Crippen LogP contribution is 2.20. The molecule has 1 atom stereocenters. The van der Waals surface area contributed by atoms with E-state index in [-0.39, 0.29) is 29.5 Å². The molecule has 1 aromatic rings. The standard InChI is InChI=1S/C19H26N2O4S/c1-14(26-13-15-6-4-3-5-7-15)18(23)20(2)12-17(22)21-10-8-16(9-11-21)19(24)25/h3-7,14,16H,8-13H2,1-2H3,(H,24,25). The summed E-state index contributed by atoms with van der Waals surface area (Å²) in [5.41, 5.74) is 1.16. The van der Waals surface area contributed by atoms with Crippen LogP contribution in [-0.4, -0.2) is 64.6 Å². The number of benzene rings is 1. The van der Waals surface area contributed by atoms with Crippen molar-refractivity contribution in [1.29, 1.82) is 0 Å². The van der Waals surface area contributed by atoms with E-state index in [0.29, 0.717) is 25.9 Å². The van der Waals surface area contributed by atoms with Crippen LogP contribution < -0.4 is 0 Å². The molecule has 7 heteroatoms. The first-order valence-electron chi connectivity index (χ1n) is 8.79. The predicted octanol–water partition coefficient (Wildman–Crippen LogP) is 2.09. The fourth-order valence-electron chi connectivity index (χ4n) is 2.93. The molecule has 1 saturated heterocycles. The maximum Gasteiger partial charge on any atom is 0.306 e. The first-order chi connectivity index (χ1) is 12.4. The molecule has 6 nitrogen and oxygen atoms in total. The highest BCUT2D eigenvalue weighted by atomic mass is 32.2. The zero-order valence-electron chi connectivity index (χ0n) is 15.3. The lowest BCUT2D eigenvalue weighted by atomic mass is 9.97. The van der Waals surface area contributed by atoms with Crippen LogP contribution in [0.5, 0.6) is 0 Å². The van der Waals surface area contributed by atoms with Gasteiger partial charge in [-0.25, -0.2) is 0 Å². The number of carbonyl (C=O) groups is 3. The Morgan fingerprint density at radius 1 is 1.23 bits per heavy atom. The lowest BCUT2D eigenvalue weighted by molar-refractivity contribution is -0.146. The largest absolute Gasteiger partial charge is 0.481 e. The molecule has 1 aliphatic heterocycles. The molecule has 1 aliphatic rings. The Labute approximate surface area is 158 Å². The van der Waals surface area contributed by atoms with Crippen LogP contribution in [0.15, 0.2) is 30.3 Å². The summed E-state index contributed by atoms with van der Waals surface area (Å²) in [6, 6.07) is 9.96. The molecule has 0 bridgehead atoms. The van der Waals surface area contributed by atoms with Crippen molar-refractivity contribution in [1.82, 2.24) is 9.80 Å². The summed E-state index contributed by atoms with van der Waals surface area (Å²) in [6.45, 7) is 2.77. The molecule has 1 aromatic carbocycles. The fraction of sp³-hybridized carbons (Fsp3) is 0.526. The van der Waals surface area contributed by atoms with Crippen LogP contribution >= 0.6 is 11.8 Å². The van der Waals surface area contributed by atoms with Gasteiger partial charge >= 0.3 is 5.97 Å². The highest BCUT2D eigenvalue weighted by Gasteiger charge is 2.28. The van der Waals surface area contributed by atoms with E-state index in [4.69, 9.17) is 5.11 Å². The molecule has 26 heavy (non-hydrogen) atoms. The second kappa shape index (κ2) is 9.62. The summed E-state index contributed by atoms with van der Waals surface area (Å²) in [4.78, 5) is 39.0. The summed E-state index contributed by atoms with van der Waals surface area (Å²) >= 11 is 1.55. The van der Waals surface area contributed by atoms with E-state index in [9.17, 15) is 14.4 Å². The molecule has 1 fully saturated rings. The average Bonchev–Trinajstić information content (AvgIpc) is 2.66. The number of hydrogen-bond donors (Lipinski definition) is 1. The van der Waals surface area contributed by atoms with Crippen molar-refractivity contribution in [3.8, 4) is 0 Å². The Bertz CT molecular complexity index is 630. The molecular formula is C19H26N2O4S. The number of piperidine rings is 1. The van der Waals surface area contributed by atoms with Crippen LogP contribution in [0.25, 0.3) is 0 Å². The Morgan fingerprint density at radius 3 is 2.42 bits per heavy atom. The van der Waals surface area contributed by atoms with Crippen LogP contribution in [0.4, 0.5) is 0 Å². The first-order valence-corrected chi connectivity index (χ1v) is 9.84. The van der Waals surface area contributed by atoms with Crippen molar-refractivity contribution >= 4 is 29.5 Å². The van der Waals surface area contributed by atoms with Gasteiger partial charge in [-0.2, -0.15) is 0 Å². The van der Waals surface area contributed by atoms with Crippen LogP contribution in [0.3, 0.4) is 0 Å². The van der Waals surface area contributed by atoms with Crippen molar-refractivity contribution < 1.29 is 19.5 Å². The van der Waals surface area contributed by atoms with Crippen LogP contribution in [0.2, 0.25) is 0 Å². The van der Waals surface area contributed by atoms with E-state index in [1.54, 1.807) is 23.7 Å². The number of hydrogen-bond acceptors (Lipinski definition) is 4. The fourth-order valence-corrected chi connectivity index (χ4v) is 3.89. The number of amides is 2. The SMILES string of the molecule is CC(SCc1ccccc1)C(=O)N(C)CC(=O)N1CCC(C(=O)O)CC1. The van der Waals surface area contributed by atoms with Gasteiger partial charge in [-0.1, -0.05) is 30.3 Å². The van der Waals surface area contributed by atoms with E-state index in [1.165, 1.54) is 4.90 Å². The van der Waals surface area contributed by atoms with Crippen molar-refractivity contribution in [2.24, 2.45) is 5.92 Å². The molecule has 0 radical (unpaired) electrons. The zero-order chi connectivity index (χ0) is 19.1. The normalized spacial score (nSPS) is 16.2. The van der Waals surface area contributed by atoms with Crippen LogP contribution in [0.1, 0.15) is 25.3 Å². The molecule has 1 N–H and O–H groups in total. The van der Waals surface area contributed by atoms with Crippen molar-refractivity contribution in [3.05, 3.63) is 35.9 Å². The monoisotopic (exact) mass is 378 g/mol. The summed E-state index contributed by atoms with van der Waals surface area (Å²) in [6.07, 6.45) is 0.949. The Hall–Kier alpha value is -2.02.